The third-order valence-corrected chi connectivity index (χ3v) is 6.20. The van der Waals surface area contributed by atoms with Crippen LogP contribution in [-0.2, 0) is 11.2 Å². The Morgan fingerprint density at radius 1 is 1.03 bits per heavy atom. The van der Waals surface area contributed by atoms with Crippen molar-refractivity contribution >= 4 is 33.4 Å². The number of carbonyl (C=O) groups is 1. The van der Waals surface area contributed by atoms with E-state index in [4.69, 9.17) is 10.1 Å². The van der Waals surface area contributed by atoms with Crippen LogP contribution in [0.1, 0.15) is 40.2 Å². The van der Waals surface area contributed by atoms with Gasteiger partial charge in [0.15, 0.2) is 10.8 Å². The number of rotatable bonds is 5. The number of amides is 1. The molecule has 0 aliphatic carbocycles. The molecule has 30 heavy (non-hydrogen) atoms. The van der Waals surface area contributed by atoms with Crippen molar-refractivity contribution in [3.63, 3.8) is 0 Å². The fourth-order valence-electron chi connectivity index (χ4n) is 3.77. The van der Waals surface area contributed by atoms with E-state index in [1.165, 1.54) is 16.9 Å². The predicted octanol–water partition coefficient (Wildman–Crippen LogP) is 4.99. The van der Waals surface area contributed by atoms with Crippen LogP contribution in [-0.4, -0.2) is 25.7 Å². The van der Waals surface area contributed by atoms with Gasteiger partial charge in [-0.1, -0.05) is 17.7 Å². The molecule has 6 nitrogen and oxygen atoms in total. The van der Waals surface area contributed by atoms with Crippen LogP contribution in [0.3, 0.4) is 0 Å². The zero-order valence-electron chi connectivity index (χ0n) is 17.9. The summed E-state index contributed by atoms with van der Waals surface area (Å²) < 4.78 is 1.91. The van der Waals surface area contributed by atoms with Crippen molar-refractivity contribution in [3.8, 4) is 5.69 Å². The molecule has 0 spiro atoms. The van der Waals surface area contributed by atoms with E-state index < -0.39 is 0 Å². The Hall–Kier alpha value is -3.06. The molecule has 0 saturated heterocycles. The minimum atomic E-state index is -0.0321. The monoisotopic (exact) mass is 419 g/mol. The standard InChI is InChI=1S/C23H25N5OS/c1-13-6-8-18(9-7-13)28-22-21(17(5)27-28)15(3)19(16(4)25-22)10-11-20(29)26-23-24-14(2)12-30-23/h6-9,12H,10-11H2,1-5H3,(H,24,26,29). The van der Waals surface area contributed by atoms with Crippen LogP contribution >= 0.6 is 11.3 Å². The summed E-state index contributed by atoms with van der Waals surface area (Å²) in [7, 11) is 0. The summed E-state index contributed by atoms with van der Waals surface area (Å²) >= 11 is 1.44. The van der Waals surface area contributed by atoms with Gasteiger partial charge in [-0.05, 0) is 64.3 Å². The fourth-order valence-corrected chi connectivity index (χ4v) is 4.48. The maximum Gasteiger partial charge on any atom is 0.226 e. The number of benzene rings is 1. The number of fused-ring (bicyclic) bond motifs is 1. The molecule has 154 valence electrons. The molecule has 1 amide bonds. The van der Waals surface area contributed by atoms with Crippen molar-refractivity contribution in [1.29, 1.82) is 0 Å². The first-order chi connectivity index (χ1) is 14.3. The van der Waals surface area contributed by atoms with Crippen molar-refractivity contribution in [1.82, 2.24) is 19.7 Å². The number of pyridine rings is 1. The Labute approximate surface area is 180 Å². The molecule has 0 atom stereocenters. The summed E-state index contributed by atoms with van der Waals surface area (Å²) in [4.78, 5) is 21.6. The highest BCUT2D eigenvalue weighted by Crippen LogP contribution is 2.28. The molecule has 1 N–H and O–H groups in total. The van der Waals surface area contributed by atoms with Crippen LogP contribution < -0.4 is 5.32 Å². The second-order valence-electron chi connectivity index (χ2n) is 7.67. The number of hydrogen-bond acceptors (Lipinski definition) is 5. The van der Waals surface area contributed by atoms with E-state index >= 15 is 0 Å². The Bertz CT molecular complexity index is 1240. The normalized spacial score (nSPS) is 11.2. The number of anilines is 1. The summed E-state index contributed by atoms with van der Waals surface area (Å²) in [6.45, 7) is 10.1. The molecule has 0 aliphatic rings. The largest absolute Gasteiger partial charge is 0.302 e. The highest BCUT2D eigenvalue weighted by molar-refractivity contribution is 7.13. The smallest absolute Gasteiger partial charge is 0.226 e. The maximum atomic E-state index is 12.4. The van der Waals surface area contributed by atoms with Gasteiger partial charge >= 0.3 is 0 Å². The van der Waals surface area contributed by atoms with Crippen LogP contribution in [0.2, 0.25) is 0 Å². The molecule has 3 heterocycles. The molecule has 4 aromatic rings. The Morgan fingerprint density at radius 2 is 1.77 bits per heavy atom. The van der Waals surface area contributed by atoms with Gasteiger partial charge < -0.3 is 5.32 Å². The van der Waals surface area contributed by atoms with Crippen LogP contribution in [0.25, 0.3) is 16.7 Å². The van der Waals surface area contributed by atoms with Crippen LogP contribution in [0.15, 0.2) is 29.6 Å². The van der Waals surface area contributed by atoms with Gasteiger partial charge in [-0.3, -0.25) is 4.79 Å². The number of thiazole rings is 1. The maximum absolute atomic E-state index is 12.4. The van der Waals surface area contributed by atoms with Crippen molar-refractivity contribution in [2.75, 3.05) is 5.32 Å². The van der Waals surface area contributed by atoms with Gasteiger partial charge in [-0.25, -0.2) is 14.6 Å². The second kappa shape index (κ2) is 7.99. The first-order valence-electron chi connectivity index (χ1n) is 9.98. The van der Waals surface area contributed by atoms with Gasteiger partial charge in [0.25, 0.3) is 0 Å². The van der Waals surface area contributed by atoms with E-state index in [1.54, 1.807) is 0 Å². The molecule has 3 aromatic heterocycles. The summed E-state index contributed by atoms with van der Waals surface area (Å²) in [6, 6.07) is 8.28. The van der Waals surface area contributed by atoms with E-state index in [1.807, 2.05) is 30.8 Å². The van der Waals surface area contributed by atoms with Crippen molar-refractivity contribution in [3.05, 3.63) is 63.4 Å². The molecular formula is C23H25N5OS. The van der Waals surface area contributed by atoms with Gasteiger partial charge in [0.2, 0.25) is 5.91 Å². The summed E-state index contributed by atoms with van der Waals surface area (Å²) in [5, 5.41) is 11.3. The molecule has 0 bridgehead atoms. The van der Waals surface area contributed by atoms with Crippen LogP contribution in [0, 0.1) is 34.6 Å². The first kappa shape index (κ1) is 20.2. The van der Waals surface area contributed by atoms with E-state index in [0.29, 0.717) is 18.0 Å². The van der Waals surface area contributed by atoms with Gasteiger partial charge in [-0.2, -0.15) is 5.10 Å². The average molecular weight is 420 g/mol. The number of aryl methyl sites for hydroxylation is 5. The first-order valence-corrected chi connectivity index (χ1v) is 10.9. The number of nitrogens with one attached hydrogen (secondary N) is 1. The molecule has 1 aromatic carbocycles. The molecule has 0 fully saturated rings. The number of nitrogens with zero attached hydrogens (tertiary/aromatic N) is 4. The molecule has 0 saturated carbocycles. The Balaban J connectivity index is 1.62. The zero-order chi connectivity index (χ0) is 21.4. The van der Waals surface area contributed by atoms with Crippen LogP contribution in [0.4, 0.5) is 5.13 Å². The summed E-state index contributed by atoms with van der Waals surface area (Å²) in [6.07, 6.45) is 1.02. The van der Waals surface area contributed by atoms with Gasteiger partial charge in [0, 0.05) is 22.9 Å². The lowest BCUT2D eigenvalue weighted by Crippen LogP contribution is -2.13. The number of carbonyl (C=O) groups excluding carboxylic acids is 1. The number of hydrogen-bond donors (Lipinski definition) is 1. The molecule has 7 heteroatoms. The van der Waals surface area contributed by atoms with E-state index in [2.05, 4.69) is 48.4 Å². The highest BCUT2D eigenvalue weighted by Gasteiger charge is 2.18. The van der Waals surface area contributed by atoms with Gasteiger partial charge in [-0.15, -0.1) is 11.3 Å². The van der Waals surface area contributed by atoms with E-state index in [0.717, 1.165) is 44.9 Å². The predicted molar refractivity (Wildman–Crippen MR) is 122 cm³/mol. The third kappa shape index (κ3) is 3.85. The van der Waals surface area contributed by atoms with Crippen molar-refractivity contribution < 1.29 is 4.79 Å². The summed E-state index contributed by atoms with van der Waals surface area (Å²) in [5.74, 6) is -0.0321. The summed E-state index contributed by atoms with van der Waals surface area (Å²) in [5.41, 5.74) is 8.11. The molecule has 0 aliphatic heterocycles. The lowest BCUT2D eigenvalue weighted by atomic mass is 9.99. The molecule has 4 rings (SSSR count). The van der Waals surface area contributed by atoms with Gasteiger partial charge in [0.1, 0.15) is 0 Å². The molecular weight excluding hydrogens is 394 g/mol. The third-order valence-electron chi connectivity index (χ3n) is 5.32. The van der Waals surface area contributed by atoms with E-state index in [-0.39, 0.29) is 5.91 Å². The van der Waals surface area contributed by atoms with E-state index in [9.17, 15) is 4.79 Å². The van der Waals surface area contributed by atoms with Crippen molar-refractivity contribution in [2.45, 2.75) is 47.5 Å². The fraction of sp³-hybridized carbons (Fsp3) is 0.304. The minimum Gasteiger partial charge on any atom is -0.302 e. The quantitative estimate of drug-likeness (QED) is 0.495. The second-order valence-corrected chi connectivity index (χ2v) is 8.53. The lowest BCUT2D eigenvalue weighted by Gasteiger charge is -2.12. The zero-order valence-corrected chi connectivity index (χ0v) is 18.7. The lowest BCUT2D eigenvalue weighted by molar-refractivity contribution is -0.116. The average Bonchev–Trinajstić information content (AvgIpc) is 3.25. The highest BCUT2D eigenvalue weighted by atomic mass is 32.1. The van der Waals surface area contributed by atoms with Crippen molar-refractivity contribution in [2.24, 2.45) is 0 Å². The number of aromatic nitrogens is 4. The molecule has 0 unspecified atom stereocenters. The topological polar surface area (TPSA) is 72.7 Å². The minimum absolute atomic E-state index is 0.0321. The Morgan fingerprint density at radius 3 is 2.43 bits per heavy atom. The van der Waals surface area contributed by atoms with Crippen LogP contribution in [0.5, 0.6) is 0 Å². The molecule has 0 radical (unpaired) electrons. The van der Waals surface area contributed by atoms with Gasteiger partial charge in [0.05, 0.1) is 17.1 Å². The SMILES string of the molecule is Cc1ccc(-n2nc(C)c3c(C)c(CCC(=O)Nc4nc(C)cs4)c(C)nc32)cc1. The Kier molecular flexibility index (Phi) is 5.39.